The first-order chi connectivity index (χ1) is 19.7. The van der Waals surface area contributed by atoms with E-state index in [1.807, 2.05) is 4.90 Å². The Bertz CT molecular complexity index is 866. The Labute approximate surface area is 249 Å². The second-order valence-corrected chi connectivity index (χ2v) is 14.4. The zero-order valence-electron chi connectivity index (χ0n) is 26.5. The number of amides is 2. The summed E-state index contributed by atoms with van der Waals surface area (Å²) in [7, 11) is 0. The van der Waals surface area contributed by atoms with Gasteiger partial charge in [0.05, 0.1) is 5.92 Å². The van der Waals surface area contributed by atoms with Gasteiger partial charge in [-0.25, -0.2) is 4.79 Å². The number of unbranched alkanes of at least 4 members (excludes halogenated alkanes) is 1. The SMILES string of the molecule is CCCCC1CN(CCC2CCOCC2)C(=O)OC12CCN(C1(C)CCN(C(=O)C3C(C)CCN[C@H]3C)CC1)CC2. The summed E-state index contributed by atoms with van der Waals surface area (Å²) in [5, 5.41) is 3.52. The molecular weight excluding hydrogens is 516 g/mol. The van der Waals surface area contributed by atoms with Crippen molar-refractivity contribution < 1.29 is 19.1 Å². The van der Waals surface area contributed by atoms with Gasteiger partial charge in [0, 0.05) is 82.8 Å². The van der Waals surface area contributed by atoms with Gasteiger partial charge in [0.25, 0.3) is 0 Å². The van der Waals surface area contributed by atoms with Crippen LogP contribution in [0.2, 0.25) is 0 Å². The van der Waals surface area contributed by atoms with E-state index in [-0.39, 0.29) is 29.2 Å². The molecule has 41 heavy (non-hydrogen) atoms. The van der Waals surface area contributed by atoms with Crippen molar-refractivity contribution in [2.75, 3.05) is 59.0 Å². The van der Waals surface area contributed by atoms with Crippen LogP contribution in [0, 0.1) is 23.7 Å². The molecule has 0 radical (unpaired) electrons. The van der Waals surface area contributed by atoms with E-state index >= 15 is 0 Å². The minimum absolute atomic E-state index is 0.0862. The van der Waals surface area contributed by atoms with Crippen LogP contribution in [-0.4, -0.2) is 103 Å². The van der Waals surface area contributed by atoms with Crippen LogP contribution >= 0.6 is 0 Å². The Morgan fingerprint density at radius 1 is 1.00 bits per heavy atom. The molecule has 8 nitrogen and oxygen atoms in total. The standard InChI is InChI=1S/C33H58N4O4/c1-5-6-7-28-24-36(17-9-27-10-22-40-23-11-27)31(39)41-33(28)14-20-37(21-15-33)32(4)12-18-35(19-13-32)30(38)29-25(2)8-16-34-26(29)3/h25-29,34H,5-24H2,1-4H3/t25?,26-,28?,29?/m0/s1. The number of likely N-dealkylation sites (tertiary alicyclic amines) is 2. The maximum atomic E-state index is 13.5. The maximum Gasteiger partial charge on any atom is 0.410 e. The van der Waals surface area contributed by atoms with E-state index in [1.54, 1.807) is 0 Å². The number of hydrogen-bond donors (Lipinski definition) is 1. The smallest absolute Gasteiger partial charge is 0.410 e. The van der Waals surface area contributed by atoms with Gasteiger partial charge in [0.1, 0.15) is 5.60 Å². The highest BCUT2D eigenvalue weighted by Crippen LogP contribution is 2.43. The van der Waals surface area contributed by atoms with Crippen LogP contribution in [0.15, 0.2) is 0 Å². The van der Waals surface area contributed by atoms with E-state index in [4.69, 9.17) is 9.47 Å². The second kappa shape index (κ2) is 13.5. The van der Waals surface area contributed by atoms with Crippen molar-refractivity contribution in [1.29, 1.82) is 0 Å². The Morgan fingerprint density at radius 3 is 2.37 bits per heavy atom. The van der Waals surface area contributed by atoms with E-state index in [0.29, 0.717) is 23.7 Å². The van der Waals surface area contributed by atoms with Gasteiger partial charge in [0.2, 0.25) is 5.91 Å². The molecule has 234 valence electrons. The summed E-state index contributed by atoms with van der Waals surface area (Å²) in [6, 6.07) is 0.259. The molecule has 3 unspecified atom stereocenters. The van der Waals surface area contributed by atoms with Crippen LogP contribution in [0.1, 0.15) is 98.3 Å². The monoisotopic (exact) mass is 574 g/mol. The predicted octanol–water partition coefficient (Wildman–Crippen LogP) is 4.91. The zero-order chi connectivity index (χ0) is 29.0. The maximum absolute atomic E-state index is 13.5. The van der Waals surface area contributed by atoms with Crippen LogP contribution < -0.4 is 5.32 Å². The highest BCUT2D eigenvalue weighted by Gasteiger charge is 2.51. The van der Waals surface area contributed by atoms with Crippen LogP contribution in [0.25, 0.3) is 0 Å². The third kappa shape index (κ3) is 6.90. The lowest BCUT2D eigenvalue weighted by molar-refractivity contribution is -0.145. The van der Waals surface area contributed by atoms with Crippen molar-refractivity contribution in [2.24, 2.45) is 23.7 Å². The molecule has 0 bridgehead atoms. The fourth-order valence-corrected chi connectivity index (χ4v) is 8.66. The average Bonchev–Trinajstić information content (AvgIpc) is 2.97. The molecule has 1 N–H and O–H groups in total. The number of carbonyl (C=O) groups excluding carboxylic acids is 2. The highest BCUT2D eigenvalue weighted by molar-refractivity contribution is 5.80. The lowest BCUT2D eigenvalue weighted by atomic mass is 9.74. The van der Waals surface area contributed by atoms with E-state index in [9.17, 15) is 9.59 Å². The Hall–Kier alpha value is -1.38. The van der Waals surface area contributed by atoms with Crippen LogP contribution in [-0.2, 0) is 14.3 Å². The average molecular weight is 575 g/mol. The lowest BCUT2D eigenvalue weighted by Crippen LogP contribution is -2.64. The van der Waals surface area contributed by atoms with Gasteiger partial charge >= 0.3 is 6.09 Å². The van der Waals surface area contributed by atoms with Gasteiger partial charge in [0.15, 0.2) is 0 Å². The third-order valence-corrected chi connectivity index (χ3v) is 11.8. The third-order valence-electron chi connectivity index (χ3n) is 11.8. The molecule has 5 rings (SSSR count). The molecule has 4 atom stereocenters. The van der Waals surface area contributed by atoms with Gasteiger partial charge < -0.3 is 24.6 Å². The number of hydrogen-bond acceptors (Lipinski definition) is 6. The van der Waals surface area contributed by atoms with Gasteiger partial charge in [-0.3, -0.25) is 9.69 Å². The van der Waals surface area contributed by atoms with Crippen LogP contribution in [0.4, 0.5) is 4.79 Å². The molecule has 0 aromatic carbocycles. The van der Waals surface area contributed by atoms with Crippen molar-refractivity contribution in [3.05, 3.63) is 0 Å². The summed E-state index contributed by atoms with van der Waals surface area (Å²) in [5.41, 5.74) is -0.209. The normalized spacial score (nSPS) is 33.1. The van der Waals surface area contributed by atoms with Crippen molar-refractivity contribution >= 4 is 12.0 Å². The number of piperidine rings is 3. The first-order valence-corrected chi connectivity index (χ1v) is 17.1. The fraction of sp³-hybridized carbons (Fsp3) is 0.939. The number of rotatable bonds is 8. The molecule has 8 heteroatoms. The number of carbonyl (C=O) groups is 2. The Balaban J connectivity index is 1.15. The minimum Gasteiger partial charge on any atom is -0.442 e. The molecule has 0 aromatic rings. The number of ether oxygens (including phenoxy) is 2. The molecule has 5 saturated heterocycles. The molecule has 5 aliphatic rings. The van der Waals surface area contributed by atoms with Crippen LogP contribution in [0.5, 0.6) is 0 Å². The molecule has 1 spiro atoms. The van der Waals surface area contributed by atoms with Gasteiger partial charge in [-0.1, -0.05) is 26.7 Å². The summed E-state index contributed by atoms with van der Waals surface area (Å²) in [6.45, 7) is 17.1. The van der Waals surface area contributed by atoms with Gasteiger partial charge in [-0.2, -0.15) is 0 Å². The molecule has 5 heterocycles. The van der Waals surface area contributed by atoms with Crippen LogP contribution in [0.3, 0.4) is 0 Å². The molecule has 0 saturated carbocycles. The van der Waals surface area contributed by atoms with E-state index in [0.717, 1.165) is 117 Å². The minimum atomic E-state index is -0.314. The number of nitrogens with zero attached hydrogens (tertiary/aromatic N) is 3. The van der Waals surface area contributed by atoms with Gasteiger partial charge in [-0.15, -0.1) is 0 Å². The highest BCUT2D eigenvalue weighted by atomic mass is 16.6. The summed E-state index contributed by atoms with van der Waals surface area (Å²) < 4.78 is 12.0. The molecule has 5 aliphatic heterocycles. The van der Waals surface area contributed by atoms with Crippen molar-refractivity contribution in [3.8, 4) is 0 Å². The summed E-state index contributed by atoms with van der Waals surface area (Å²) in [5.74, 6) is 1.98. The quantitative estimate of drug-likeness (QED) is 0.444. The zero-order valence-corrected chi connectivity index (χ0v) is 26.5. The largest absolute Gasteiger partial charge is 0.442 e. The van der Waals surface area contributed by atoms with Gasteiger partial charge in [-0.05, 0) is 77.2 Å². The molecular formula is C33H58N4O4. The summed E-state index contributed by atoms with van der Waals surface area (Å²) in [4.78, 5) is 33.6. The van der Waals surface area contributed by atoms with Crippen molar-refractivity contribution in [1.82, 2.24) is 20.0 Å². The lowest BCUT2D eigenvalue weighted by Gasteiger charge is -2.55. The summed E-state index contributed by atoms with van der Waals surface area (Å²) in [6.07, 6.45) is 11.7. The Morgan fingerprint density at radius 2 is 1.71 bits per heavy atom. The topological polar surface area (TPSA) is 74.3 Å². The predicted molar refractivity (Wildman–Crippen MR) is 162 cm³/mol. The molecule has 2 amide bonds. The van der Waals surface area contributed by atoms with E-state index < -0.39 is 0 Å². The molecule has 0 aromatic heterocycles. The number of nitrogens with one attached hydrogen (secondary N) is 1. The Kier molecular flexibility index (Phi) is 10.2. The first kappa shape index (κ1) is 31.1. The second-order valence-electron chi connectivity index (χ2n) is 14.4. The first-order valence-electron chi connectivity index (χ1n) is 17.1. The van der Waals surface area contributed by atoms with Crippen molar-refractivity contribution in [3.63, 3.8) is 0 Å². The molecule has 0 aliphatic carbocycles. The molecule has 5 fully saturated rings. The van der Waals surface area contributed by atoms with E-state index in [1.165, 1.54) is 12.8 Å². The fourth-order valence-electron chi connectivity index (χ4n) is 8.66. The van der Waals surface area contributed by atoms with E-state index in [2.05, 4.69) is 42.8 Å². The van der Waals surface area contributed by atoms with Crippen molar-refractivity contribution in [2.45, 2.75) is 116 Å². The summed E-state index contributed by atoms with van der Waals surface area (Å²) >= 11 is 0.